The van der Waals surface area contributed by atoms with Gasteiger partial charge in [0.25, 0.3) is 0 Å². The molecule has 1 aromatic heterocycles. The molecule has 0 bridgehead atoms. The Hall–Kier alpha value is -1.82. The molecule has 2 aromatic rings. The number of benzene rings is 1. The number of ether oxygens (including phenoxy) is 1. The first-order valence-electron chi connectivity index (χ1n) is 9.72. The van der Waals surface area contributed by atoms with Gasteiger partial charge in [-0.25, -0.2) is 0 Å². The van der Waals surface area contributed by atoms with Crippen LogP contribution in [0.25, 0.3) is 11.4 Å². The second-order valence-electron chi connectivity index (χ2n) is 7.87. The Morgan fingerprint density at radius 2 is 2.00 bits per heavy atom. The van der Waals surface area contributed by atoms with Crippen molar-refractivity contribution in [1.82, 2.24) is 14.8 Å². The Bertz CT molecular complexity index is 760. The van der Waals surface area contributed by atoms with Crippen LogP contribution in [0.2, 0.25) is 0 Å². The molecule has 0 radical (unpaired) electrons. The van der Waals surface area contributed by atoms with Crippen molar-refractivity contribution in [2.24, 2.45) is 24.8 Å². The molecular weight excluding hydrogens is 358 g/mol. The molecule has 27 heavy (non-hydrogen) atoms. The Labute approximate surface area is 165 Å². The first kappa shape index (κ1) is 19.9. The SMILES string of the molecule is CC(C)[C@@H]1CC[C@@H](C)C[C@@H]1OC(=O)CSc1nnc(-c2ccccc2)n1C. The summed E-state index contributed by atoms with van der Waals surface area (Å²) in [4.78, 5) is 12.4. The number of hydrogen-bond acceptors (Lipinski definition) is 5. The third kappa shape index (κ3) is 4.92. The largest absolute Gasteiger partial charge is 0.461 e. The summed E-state index contributed by atoms with van der Waals surface area (Å²) in [7, 11) is 1.92. The van der Waals surface area contributed by atoms with Crippen LogP contribution in [-0.4, -0.2) is 32.6 Å². The van der Waals surface area contributed by atoms with E-state index in [4.69, 9.17) is 4.74 Å². The van der Waals surface area contributed by atoms with Gasteiger partial charge in [-0.1, -0.05) is 69.3 Å². The lowest BCUT2D eigenvalue weighted by molar-refractivity contribution is -0.152. The van der Waals surface area contributed by atoms with E-state index in [1.54, 1.807) is 0 Å². The van der Waals surface area contributed by atoms with Gasteiger partial charge in [0.1, 0.15) is 6.10 Å². The van der Waals surface area contributed by atoms with Gasteiger partial charge >= 0.3 is 5.97 Å². The molecule has 0 amide bonds. The summed E-state index contributed by atoms with van der Waals surface area (Å²) in [6.45, 7) is 6.69. The van der Waals surface area contributed by atoms with E-state index in [0.717, 1.165) is 29.4 Å². The zero-order valence-electron chi connectivity index (χ0n) is 16.6. The maximum absolute atomic E-state index is 12.4. The van der Waals surface area contributed by atoms with E-state index in [1.807, 2.05) is 41.9 Å². The predicted molar refractivity (Wildman–Crippen MR) is 108 cm³/mol. The van der Waals surface area contributed by atoms with Crippen molar-refractivity contribution in [3.63, 3.8) is 0 Å². The van der Waals surface area contributed by atoms with Crippen LogP contribution in [0.5, 0.6) is 0 Å². The molecule has 1 heterocycles. The fourth-order valence-electron chi connectivity index (χ4n) is 3.86. The predicted octanol–water partition coefficient (Wildman–Crippen LogP) is 4.58. The van der Waals surface area contributed by atoms with Crippen LogP contribution in [0.15, 0.2) is 35.5 Å². The van der Waals surface area contributed by atoms with Crippen LogP contribution < -0.4 is 0 Å². The molecule has 146 valence electrons. The minimum Gasteiger partial charge on any atom is -0.461 e. The number of aromatic nitrogens is 3. The van der Waals surface area contributed by atoms with Gasteiger partial charge in [-0.2, -0.15) is 0 Å². The molecule has 1 aromatic carbocycles. The standard InChI is InChI=1S/C21H29N3O2S/c1-14(2)17-11-10-15(3)12-18(17)26-19(25)13-27-21-23-22-20(24(21)4)16-8-6-5-7-9-16/h5-9,14-15,17-18H,10-13H2,1-4H3/t15-,17+,18+/m1/s1. The van der Waals surface area contributed by atoms with E-state index in [1.165, 1.54) is 18.2 Å². The van der Waals surface area contributed by atoms with Crippen LogP contribution in [-0.2, 0) is 16.6 Å². The Morgan fingerprint density at radius 3 is 2.70 bits per heavy atom. The molecule has 1 saturated carbocycles. The van der Waals surface area contributed by atoms with Crippen molar-refractivity contribution in [2.45, 2.75) is 51.3 Å². The van der Waals surface area contributed by atoms with Crippen molar-refractivity contribution in [3.05, 3.63) is 30.3 Å². The van der Waals surface area contributed by atoms with Crippen molar-refractivity contribution in [1.29, 1.82) is 0 Å². The van der Waals surface area contributed by atoms with Gasteiger partial charge in [-0.3, -0.25) is 4.79 Å². The van der Waals surface area contributed by atoms with Crippen LogP contribution in [0, 0.1) is 17.8 Å². The molecule has 1 fully saturated rings. The third-order valence-electron chi connectivity index (χ3n) is 5.43. The van der Waals surface area contributed by atoms with Crippen molar-refractivity contribution < 1.29 is 9.53 Å². The van der Waals surface area contributed by atoms with E-state index in [-0.39, 0.29) is 17.8 Å². The number of carbonyl (C=O) groups excluding carboxylic acids is 1. The number of nitrogens with zero attached hydrogens (tertiary/aromatic N) is 3. The smallest absolute Gasteiger partial charge is 0.316 e. The van der Waals surface area contributed by atoms with E-state index in [0.29, 0.717) is 17.8 Å². The molecule has 3 rings (SSSR count). The van der Waals surface area contributed by atoms with Gasteiger partial charge in [0, 0.05) is 12.6 Å². The fraction of sp³-hybridized carbons (Fsp3) is 0.571. The normalized spacial score (nSPS) is 22.8. The maximum Gasteiger partial charge on any atom is 0.316 e. The molecule has 3 atom stereocenters. The number of esters is 1. The zero-order valence-corrected chi connectivity index (χ0v) is 17.4. The molecule has 5 nitrogen and oxygen atoms in total. The summed E-state index contributed by atoms with van der Waals surface area (Å²) in [5, 5.41) is 9.22. The van der Waals surface area contributed by atoms with Crippen molar-refractivity contribution >= 4 is 17.7 Å². The van der Waals surface area contributed by atoms with E-state index < -0.39 is 0 Å². The number of thioether (sulfide) groups is 1. The van der Waals surface area contributed by atoms with Gasteiger partial charge in [0.15, 0.2) is 11.0 Å². The lowest BCUT2D eigenvalue weighted by Gasteiger charge is -2.36. The lowest BCUT2D eigenvalue weighted by atomic mass is 9.75. The molecule has 0 spiro atoms. The van der Waals surface area contributed by atoms with E-state index >= 15 is 0 Å². The van der Waals surface area contributed by atoms with Gasteiger partial charge in [-0.05, 0) is 30.6 Å². The highest BCUT2D eigenvalue weighted by molar-refractivity contribution is 7.99. The quantitative estimate of drug-likeness (QED) is 0.536. The number of rotatable bonds is 6. The summed E-state index contributed by atoms with van der Waals surface area (Å²) in [6.07, 6.45) is 3.39. The van der Waals surface area contributed by atoms with Crippen LogP contribution in [0.4, 0.5) is 0 Å². The van der Waals surface area contributed by atoms with Gasteiger partial charge in [-0.15, -0.1) is 10.2 Å². The summed E-state index contributed by atoms with van der Waals surface area (Å²) in [6, 6.07) is 9.93. The maximum atomic E-state index is 12.4. The first-order chi connectivity index (χ1) is 13.0. The van der Waals surface area contributed by atoms with Crippen molar-refractivity contribution in [2.75, 3.05) is 5.75 Å². The molecular formula is C21H29N3O2S. The summed E-state index contributed by atoms with van der Waals surface area (Å²) >= 11 is 1.38. The highest BCUT2D eigenvalue weighted by Crippen LogP contribution is 2.35. The first-order valence-corrected chi connectivity index (χ1v) is 10.7. The summed E-state index contributed by atoms with van der Waals surface area (Å²) in [5.41, 5.74) is 1.01. The average Bonchev–Trinajstić information content (AvgIpc) is 3.01. The molecule has 0 unspecified atom stereocenters. The van der Waals surface area contributed by atoms with Crippen LogP contribution >= 0.6 is 11.8 Å². The molecule has 0 N–H and O–H groups in total. The van der Waals surface area contributed by atoms with Gasteiger partial charge < -0.3 is 9.30 Å². The second-order valence-corrected chi connectivity index (χ2v) is 8.82. The topological polar surface area (TPSA) is 57.0 Å². The molecule has 0 saturated heterocycles. The average molecular weight is 388 g/mol. The van der Waals surface area contributed by atoms with Gasteiger partial charge in [0.05, 0.1) is 5.75 Å². The number of carbonyl (C=O) groups is 1. The zero-order chi connectivity index (χ0) is 19.4. The second kappa shape index (κ2) is 8.91. The molecule has 1 aliphatic rings. The fourth-order valence-corrected chi connectivity index (χ4v) is 4.55. The van der Waals surface area contributed by atoms with Crippen LogP contribution in [0.1, 0.15) is 40.0 Å². The Kier molecular flexibility index (Phi) is 6.58. The minimum absolute atomic E-state index is 0.0428. The Balaban J connectivity index is 1.58. The van der Waals surface area contributed by atoms with Gasteiger partial charge in [0.2, 0.25) is 0 Å². The summed E-state index contributed by atoms with van der Waals surface area (Å²) < 4.78 is 7.79. The summed E-state index contributed by atoms with van der Waals surface area (Å²) in [5.74, 6) is 2.53. The Morgan fingerprint density at radius 1 is 1.26 bits per heavy atom. The monoisotopic (exact) mass is 387 g/mol. The molecule has 0 aliphatic heterocycles. The molecule has 1 aliphatic carbocycles. The van der Waals surface area contributed by atoms with E-state index in [2.05, 4.69) is 31.0 Å². The highest BCUT2D eigenvalue weighted by Gasteiger charge is 2.33. The van der Waals surface area contributed by atoms with E-state index in [9.17, 15) is 4.79 Å². The number of hydrogen-bond donors (Lipinski definition) is 0. The minimum atomic E-state index is -0.158. The highest BCUT2D eigenvalue weighted by atomic mass is 32.2. The lowest BCUT2D eigenvalue weighted by Crippen LogP contribution is -2.36. The van der Waals surface area contributed by atoms with Crippen molar-refractivity contribution in [3.8, 4) is 11.4 Å². The van der Waals surface area contributed by atoms with Crippen LogP contribution in [0.3, 0.4) is 0 Å². The molecule has 6 heteroatoms. The third-order valence-corrected chi connectivity index (χ3v) is 6.42.